The molecule has 0 saturated carbocycles. The Morgan fingerprint density at radius 3 is 2.50 bits per heavy atom. The van der Waals surface area contributed by atoms with Crippen LogP contribution in [-0.4, -0.2) is 41.2 Å². The van der Waals surface area contributed by atoms with Gasteiger partial charge in [-0.1, -0.05) is 25.0 Å². The first-order valence-electron chi connectivity index (χ1n) is 10.3. The number of hydrogen-bond donors (Lipinski definition) is 3. The first-order valence-corrected chi connectivity index (χ1v) is 11.2. The number of aromatic amines is 1. The van der Waals surface area contributed by atoms with Crippen LogP contribution in [0.4, 0.5) is 0 Å². The number of benzene rings is 1. The summed E-state index contributed by atoms with van der Waals surface area (Å²) in [6.45, 7) is 0. The Morgan fingerprint density at radius 2 is 1.91 bits per heavy atom. The lowest BCUT2D eigenvalue weighted by Crippen LogP contribution is -2.15. The van der Waals surface area contributed by atoms with E-state index in [0.29, 0.717) is 16.9 Å². The third kappa shape index (κ3) is 9.64. The summed E-state index contributed by atoms with van der Waals surface area (Å²) in [7, 11) is 3.10. The quantitative estimate of drug-likeness (QED) is 0.333. The van der Waals surface area contributed by atoms with E-state index in [9.17, 15) is 9.59 Å². The lowest BCUT2D eigenvalue weighted by atomic mass is 10.1. The zero-order valence-corrected chi connectivity index (χ0v) is 19.3. The first kappa shape index (κ1) is 26.7. The third-order valence-corrected chi connectivity index (χ3v) is 5.09. The molecule has 8 nitrogen and oxygen atoms in total. The number of nitriles is 1. The van der Waals surface area contributed by atoms with Gasteiger partial charge in [-0.05, 0) is 37.6 Å². The topological polar surface area (TPSA) is 138 Å². The number of amides is 1. The molecule has 2 heterocycles. The fraction of sp³-hybridized carbons (Fsp3) is 0.348. The van der Waals surface area contributed by atoms with Crippen LogP contribution in [-0.2, 0) is 11.2 Å². The van der Waals surface area contributed by atoms with Crippen LogP contribution >= 0.6 is 11.3 Å². The van der Waals surface area contributed by atoms with Crippen molar-refractivity contribution in [1.82, 2.24) is 20.3 Å². The molecule has 0 atom stereocenters. The molecule has 0 aliphatic rings. The van der Waals surface area contributed by atoms with Gasteiger partial charge in [-0.2, -0.15) is 5.26 Å². The maximum absolute atomic E-state index is 10.7. The van der Waals surface area contributed by atoms with Gasteiger partial charge >= 0.3 is 0 Å². The van der Waals surface area contributed by atoms with Crippen LogP contribution in [0.1, 0.15) is 53.2 Å². The molecule has 9 heteroatoms. The number of nitrogens with one attached hydrogen (secondary N) is 2. The van der Waals surface area contributed by atoms with Gasteiger partial charge in [0.05, 0.1) is 35.2 Å². The van der Waals surface area contributed by atoms with Crippen LogP contribution in [0.3, 0.4) is 0 Å². The number of aromatic nitrogens is 3. The zero-order chi connectivity index (χ0) is 23.6. The van der Waals surface area contributed by atoms with E-state index in [2.05, 4.69) is 32.1 Å². The van der Waals surface area contributed by atoms with Crippen molar-refractivity contribution in [2.24, 2.45) is 5.73 Å². The van der Waals surface area contributed by atoms with Gasteiger partial charge in [0.1, 0.15) is 17.0 Å². The van der Waals surface area contributed by atoms with E-state index in [-0.39, 0.29) is 5.91 Å². The molecule has 0 aliphatic heterocycles. The second kappa shape index (κ2) is 16.4. The maximum Gasteiger partial charge on any atom is 0.262 e. The molecule has 0 unspecified atom stereocenters. The van der Waals surface area contributed by atoms with Gasteiger partial charge in [-0.15, -0.1) is 11.3 Å². The molecule has 32 heavy (non-hydrogen) atoms. The fourth-order valence-electron chi connectivity index (χ4n) is 2.69. The van der Waals surface area contributed by atoms with Crippen molar-refractivity contribution in [2.75, 3.05) is 14.1 Å². The minimum Gasteiger partial charge on any atom is -0.354 e. The van der Waals surface area contributed by atoms with E-state index < -0.39 is 0 Å². The summed E-state index contributed by atoms with van der Waals surface area (Å²) < 4.78 is 0. The Morgan fingerprint density at radius 1 is 1.19 bits per heavy atom. The molecule has 1 amide bonds. The summed E-state index contributed by atoms with van der Waals surface area (Å²) in [6, 6.07) is 9.58. The third-order valence-electron chi connectivity index (χ3n) is 4.32. The number of unbranched alkanes of at least 4 members (excludes halogenated alkanes) is 4. The highest BCUT2D eigenvalue weighted by molar-refractivity contribution is 7.11. The average molecular weight is 455 g/mol. The highest BCUT2D eigenvalue weighted by Crippen LogP contribution is 2.18. The Balaban J connectivity index is 0.000000388. The molecule has 3 aromatic rings. The zero-order valence-electron chi connectivity index (χ0n) is 18.5. The van der Waals surface area contributed by atoms with E-state index in [0.717, 1.165) is 55.5 Å². The number of imidazole rings is 1. The lowest BCUT2D eigenvalue weighted by Gasteiger charge is -1.99. The van der Waals surface area contributed by atoms with Gasteiger partial charge in [0.15, 0.2) is 0 Å². The van der Waals surface area contributed by atoms with Crippen molar-refractivity contribution in [3.8, 4) is 17.3 Å². The van der Waals surface area contributed by atoms with E-state index in [1.165, 1.54) is 18.4 Å². The van der Waals surface area contributed by atoms with E-state index >= 15 is 0 Å². The number of nitrogens with two attached hydrogens (primary N) is 1. The smallest absolute Gasteiger partial charge is 0.262 e. The largest absolute Gasteiger partial charge is 0.354 e. The number of aldehydes is 1. The standard InChI is InChI=1S/C17H19N3O.C5H6N2OS.CH5N/c18-12-14-7-9-15(10-8-14)16-13-19-17(20-16)6-4-2-1-3-5-11-21;1-6-5(8)4-2-7-3-9-4;1-2/h7-11,13H,1-6H2,(H,19,20);2-3H,1H3,(H,6,8);2H2,1H3. The van der Waals surface area contributed by atoms with Crippen molar-refractivity contribution in [3.63, 3.8) is 0 Å². The van der Waals surface area contributed by atoms with Crippen LogP contribution in [0.15, 0.2) is 42.2 Å². The monoisotopic (exact) mass is 454 g/mol. The number of carbonyl (C=O) groups is 2. The van der Waals surface area contributed by atoms with Gasteiger partial charge in [-0.25, -0.2) is 4.98 Å². The number of aryl methyl sites for hydroxylation is 1. The molecule has 0 fully saturated rings. The lowest BCUT2D eigenvalue weighted by molar-refractivity contribution is -0.107. The van der Waals surface area contributed by atoms with Crippen molar-refractivity contribution in [1.29, 1.82) is 5.26 Å². The highest BCUT2D eigenvalue weighted by Gasteiger charge is 2.04. The summed E-state index contributed by atoms with van der Waals surface area (Å²) in [5.41, 5.74) is 8.81. The van der Waals surface area contributed by atoms with E-state index in [4.69, 9.17) is 5.26 Å². The minimum absolute atomic E-state index is 0.0718. The van der Waals surface area contributed by atoms with Crippen molar-refractivity contribution >= 4 is 23.5 Å². The van der Waals surface area contributed by atoms with Crippen LogP contribution in [0.2, 0.25) is 0 Å². The minimum atomic E-state index is -0.0718. The van der Waals surface area contributed by atoms with Crippen LogP contribution in [0, 0.1) is 11.3 Å². The predicted molar refractivity (Wildman–Crippen MR) is 127 cm³/mol. The molecule has 0 radical (unpaired) electrons. The molecular formula is C23H30N6O2S. The van der Waals surface area contributed by atoms with E-state index in [1.54, 1.807) is 18.8 Å². The number of hydrogen-bond acceptors (Lipinski definition) is 7. The van der Waals surface area contributed by atoms with Crippen molar-refractivity contribution in [2.45, 2.75) is 38.5 Å². The summed E-state index contributed by atoms with van der Waals surface area (Å²) in [6.07, 6.45) is 10.3. The van der Waals surface area contributed by atoms with E-state index in [1.807, 2.05) is 30.5 Å². The normalized spacial score (nSPS) is 9.44. The summed E-state index contributed by atoms with van der Waals surface area (Å²) in [5.74, 6) is 0.919. The van der Waals surface area contributed by atoms with Crippen LogP contribution in [0.5, 0.6) is 0 Å². The predicted octanol–water partition coefficient (Wildman–Crippen LogP) is 3.72. The van der Waals surface area contributed by atoms with Gasteiger partial charge in [-0.3, -0.25) is 9.78 Å². The fourth-order valence-corrected chi connectivity index (χ4v) is 3.25. The highest BCUT2D eigenvalue weighted by atomic mass is 32.1. The molecule has 0 saturated heterocycles. The van der Waals surface area contributed by atoms with Gasteiger partial charge in [0.2, 0.25) is 0 Å². The van der Waals surface area contributed by atoms with Crippen LogP contribution in [0.25, 0.3) is 11.3 Å². The van der Waals surface area contributed by atoms with Gasteiger partial charge in [0, 0.05) is 19.9 Å². The van der Waals surface area contributed by atoms with Crippen LogP contribution < -0.4 is 11.1 Å². The Bertz CT molecular complexity index is 946. The summed E-state index contributed by atoms with van der Waals surface area (Å²) in [4.78, 5) is 33.0. The maximum atomic E-state index is 10.7. The average Bonchev–Trinajstić information content (AvgIpc) is 3.55. The summed E-state index contributed by atoms with van der Waals surface area (Å²) >= 11 is 1.33. The van der Waals surface area contributed by atoms with Crippen molar-refractivity contribution in [3.05, 3.63) is 58.4 Å². The number of H-pyrrole nitrogens is 1. The molecular weight excluding hydrogens is 424 g/mol. The number of nitrogens with zero attached hydrogens (tertiary/aromatic N) is 3. The number of carbonyl (C=O) groups excluding carboxylic acids is 2. The molecule has 0 aliphatic carbocycles. The molecule has 2 aromatic heterocycles. The summed E-state index contributed by atoms with van der Waals surface area (Å²) in [5, 5.41) is 11.3. The first-order chi connectivity index (χ1) is 15.7. The number of thiazole rings is 1. The number of rotatable bonds is 9. The molecule has 3 rings (SSSR count). The van der Waals surface area contributed by atoms with Gasteiger partial charge < -0.3 is 20.8 Å². The Labute approximate surface area is 192 Å². The molecule has 1 aromatic carbocycles. The SMILES string of the molecule is CN.CNC(=O)c1cncs1.N#Cc1ccc(-c2cnc(CCCCCCC=O)[nH]2)cc1. The van der Waals surface area contributed by atoms with Gasteiger partial charge in [0.25, 0.3) is 5.91 Å². The second-order valence-corrected chi connectivity index (χ2v) is 7.38. The second-order valence-electron chi connectivity index (χ2n) is 6.50. The Hall–Kier alpha value is -3.35. The molecule has 170 valence electrons. The molecule has 4 N–H and O–H groups in total. The van der Waals surface area contributed by atoms with Crippen molar-refractivity contribution < 1.29 is 9.59 Å². The molecule has 0 bridgehead atoms. The Kier molecular flexibility index (Phi) is 13.6. The molecule has 0 spiro atoms.